The van der Waals surface area contributed by atoms with E-state index < -0.39 is 0 Å². The summed E-state index contributed by atoms with van der Waals surface area (Å²) in [7, 11) is 0. The third-order valence-corrected chi connectivity index (χ3v) is 2.48. The van der Waals surface area contributed by atoms with E-state index in [9.17, 15) is 4.39 Å². The lowest BCUT2D eigenvalue weighted by atomic mass is 10.2. The summed E-state index contributed by atoms with van der Waals surface area (Å²) in [5.74, 6) is -0.272. The van der Waals surface area contributed by atoms with Crippen LogP contribution in [0.1, 0.15) is 12.0 Å². The number of pyridine rings is 1. The molecule has 0 radical (unpaired) electrons. The fourth-order valence-corrected chi connectivity index (χ4v) is 1.81. The molecule has 4 heteroatoms. The van der Waals surface area contributed by atoms with Crippen molar-refractivity contribution in [2.75, 3.05) is 13.1 Å². The van der Waals surface area contributed by atoms with Crippen molar-refractivity contribution in [3.63, 3.8) is 0 Å². The SMILES string of the molecule is NC1CCN(Cc2cncc(F)c2)C1. The van der Waals surface area contributed by atoms with Crippen molar-refractivity contribution in [3.05, 3.63) is 29.8 Å². The number of nitrogens with two attached hydrogens (primary N) is 1. The van der Waals surface area contributed by atoms with Gasteiger partial charge in [-0.1, -0.05) is 0 Å². The fraction of sp³-hybridized carbons (Fsp3) is 0.500. The highest BCUT2D eigenvalue weighted by atomic mass is 19.1. The van der Waals surface area contributed by atoms with E-state index in [4.69, 9.17) is 5.73 Å². The second kappa shape index (κ2) is 4.02. The Balaban J connectivity index is 1.97. The van der Waals surface area contributed by atoms with Crippen LogP contribution < -0.4 is 5.73 Å². The van der Waals surface area contributed by atoms with Crippen molar-refractivity contribution in [1.82, 2.24) is 9.88 Å². The molecule has 0 amide bonds. The van der Waals surface area contributed by atoms with Crippen LogP contribution in [0.15, 0.2) is 18.5 Å². The first-order valence-corrected chi connectivity index (χ1v) is 4.81. The molecule has 1 aromatic rings. The largest absolute Gasteiger partial charge is 0.326 e. The summed E-state index contributed by atoms with van der Waals surface area (Å²) in [6, 6.07) is 1.80. The number of halogens is 1. The Hall–Kier alpha value is -1.00. The van der Waals surface area contributed by atoms with Gasteiger partial charge in [0, 0.05) is 31.9 Å². The third kappa shape index (κ3) is 2.27. The van der Waals surface area contributed by atoms with Crippen LogP contribution >= 0.6 is 0 Å². The topological polar surface area (TPSA) is 42.1 Å². The second-order valence-electron chi connectivity index (χ2n) is 3.80. The summed E-state index contributed by atoms with van der Waals surface area (Å²) < 4.78 is 12.8. The summed E-state index contributed by atoms with van der Waals surface area (Å²) >= 11 is 0. The average molecular weight is 195 g/mol. The van der Waals surface area contributed by atoms with E-state index in [1.54, 1.807) is 6.20 Å². The lowest BCUT2D eigenvalue weighted by molar-refractivity contribution is 0.326. The highest BCUT2D eigenvalue weighted by Gasteiger charge is 2.18. The first-order valence-electron chi connectivity index (χ1n) is 4.81. The first kappa shape index (κ1) is 9.55. The third-order valence-electron chi connectivity index (χ3n) is 2.48. The molecule has 3 nitrogen and oxygen atoms in total. The molecular weight excluding hydrogens is 181 g/mol. The standard InChI is InChI=1S/C10H14FN3/c11-9-3-8(4-13-5-9)6-14-2-1-10(12)7-14/h3-5,10H,1-2,6-7,12H2. The van der Waals surface area contributed by atoms with Gasteiger partial charge in [-0.3, -0.25) is 9.88 Å². The van der Waals surface area contributed by atoms with E-state index in [1.807, 2.05) is 0 Å². The second-order valence-corrected chi connectivity index (χ2v) is 3.80. The van der Waals surface area contributed by atoms with Gasteiger partial charge in [0.25, 0.3) is 0 Å². The zero-order chi connectivity index (χ0) is 9.97. The molecule has 1 saturated heterocycles. The number of rotatable bonds is 2. The van der Waals surface area contributed by atoms with Crippen LogP contribution in [0, 0.1) is 5.82 Å². The number of aromatic nitrogens is 1. The molecule has 2 N–H and O–H groups in total. The van der Waals surface area contributed by atoms with E-state index in [2.05, 4.69) is 9.88 Å². The Morgan fingerprint density at radius 1 is 1.57 bits per heavy atom. The Labute approximate surface area is 82.7 Å². The van der Waals surface area contributed by atoms with Crippen LogP contribution in [0.25, 0.3) is 0 Å². The first-order chi connectivity index (χ1) is 6.74. The maximum absolute atomic E-state index is 12.8. The van der Waals surface area contributed by atoms with Crippen LogP contribution in [0.2, 0.25) is 0 Å². The molecule has 2 heterocycles. The number of hydrogen-bond acceptors (Lipinski definition) is 3. The van der Waals surface area contributed by atoms with E-state index in [-0.39, 0.29) is 11.9 Å². The lowest BCUT2D eigenvalue weighted by Crippen LogP contribution is -2.26. The van der Waals surface area contributed by atoms with Gasteiger partial charge in [-0.2, -0.15) is 0 Å². The Kier molecular flexibility index (Phi) is 2.74. The van der Waals surface area contributed by atoms with Gasteiger partial charge >= 0.3 is 0 Å². The summed E-state index contributed by atoms with van der Waals surface area (Å²) in [6.07, 6.45) is 3.95. The van der Waals surface area contributed by atoms with Crippen LogP contribution in [0.3, 0.4) is 0 Å². The Morgan fingerprint density at radius 3 is 3.07 bits per heavy atom. The molecule has 0 aromatic carbocycles. The molecule has 0 spiro atoms. The van der Waals surface area contributed by atoms with Crippen LogP contribution in [0.4, 0.5) is 4.39 Å². The zero-order valence-corrected chi connectivity index (χ0v) is 7.99. The molecule has 0 bridgehead atoms. The molecule has 1 aliphatic rings. The zero-order valence-electron chi connectivity index (χ0n) is 7.99. The minimum Gasteiger partial charge on any atom is -0.326 e. The molecule has 14 heavy (non-hydrogen) atoms. The summed E-state index contributed by atoms with van der Waals surface area (Å²) in [5.41, 5.74) is 6.69. The Bertz CT molecular complexity index is 316. The lowest BCUT2D eigenvalue weighted by Gasteiger charge is -2.14. The van der Waals surface area contributed by atoms with E-state index >= 15 is 0 Å². The molecule has 2 rings (SSSR count). The molecular formula is C10H14FN3. The van der Waals surface area contributed by atoms with Gasteiger partial charge in [0.05, 0.1) is 6.20 Å². The molecule has 0 aliphatic carbocycles. The van der Waals surface area contributed by atoms with Crippen LogP contribution in [-0.4, -0.2) is 29.0 Å². The molecule has 1 atom stereocenters. The van der Waals surface area contributed by atoms with Crippen molar-refractivity contribution >= 4 is 0 Å². The molecule has 1 fully saturated rings. The van der Waals surface area contributed by atoms with Crippen LogP contribution in [-0.2, 0) is 6.54 Å². The summed E-state index contributed by atoms with van der Waals surface area (Å²) in [4.78, 5) is 6.04. The van der Waals surface area contributed by atoms with Gasteiger partial charge in [0.15, 0.2) is 0 Å². The highest BCUT2D eigenvalue weighted by molar-refractivity contribution is 5.10. The fourth-order valence-electron chi connectivity index (χ4n) is 1.81. The summed E-state index contributed by atoms with van der Waals surface area (Å²) in [5, 5.41) is 0. The van der Waals surface area contributed by atoms with Gasteiger partial charge < -0.3 is 5.73 Å². The van der Waals surface area contributed by atoms with Gasteiger partial charge in [0.2, 0.25) is 0 Å². The maximum Gasteiger partial charge on any atom is 0.141 e. The van der Waals surface area contributed by atoms with E-state index in [0.29, 0.717) is 0 Å². The predicted octanol–water partition coefficient (Wildman–Crippen LogP) is 0.754. The van der Waals surface area contributed by atoms with Crippen molar-refractivity contribution in [3.8, 4) is 0 Å². The molecule has 1 aromatic heterocycles. The predicted molar refractivity (Wildman–Crippen MR) is 52.1 cm³/mol. The molecule has 0 saturated carbocycles. The number of hydrogen-bond donors (Lipinski definition) is 1. The van der Waals surface area contributed by atoms with E-state index in [0.717, 1.165) is 31.6 Å². The maximum atomic E-state index is 12.8. The minimum absolute atomic E-state index is 0.272. The smallest absolute Gasteiger partial charge is 0.141 e. The van der Waals surface area contributed by atoms with Gasteiger partial charge in [0.1, 0.15) is 5.82 Å². The van der Waals surface area contributed by atoms with Crippen molar-refractivity contribution in [2.24, 2.45) is 5.73 Å². The molecule has 76 valence electrons. The van der Waals surface area contributed by atoms with Gasteiger partial charge in [-0.15, -0.1) is 0 Å². The number of likely N-dealkylation sites (tertiary alicyclic amines) is 1. The highest BCUT2D eigenvalue weighted by Crippen LogP contribution is 2.11. The Morgan fingerprint density at radius 2 is 2.43 bits per heavy atom. The quantitative estimate of drug-likeness (QED) is 0.757. The normalized spacial score (nSPS) is 22.9. The monoisotopic (exact) mass is 195 g/mol. The molecule has 1 aliphatic heterocycles. The summed E-state index contributed by atoms with van der Waals surface area (Å²) in [6.45, 7) is 2.65. The van der Waals surface area contributed by atoms with Crippen molar-refractivity contribution in [1.29, 1.82) is 0 Å². The van der Waals surface area contributed by atoms with Gasteiger partial charge in [-0.25, -0.2) is 4.39 Å². The number of nitrogens with zero attached hydrogens (tertiary/aromatic N) is 2. The van der Waals surface area contributed by atoms with Crippen LogP contribution in [0.5, 0.6) is 0 Å². The minimum atomic E-state index is -0.272. The van der Waals surface area contributed by atoms with E-state index in [1.165, 1.54) is 12.3 Å². The molecule has 1 unspecified atom stereocenters. The van der Waals surface area contributed by atoms with Crippen molar-refractivity contribution in [2.45, 2.75) is 19.0 Å². The average Bonchev–Trinajstić information content (AvgIpc) is 2.51. The van der Waals surface area contributed by atoms with Gasteiger partial charge in [-0.05, 0) is 18.1 Å². The van der Waals surface area contributed by atoms with Crippen molar-refractivity contribution < 1.29 is 4.39 Å².